The average Bonchev–Trinajstić information content (AvgIpc) is 1.35. The molecule has 0 aromatic carbocycles. The van der Waals surface area contributed by atoms with Crippen LogP contribution in [0.2, 0.25) is 0 Å². The van der Waals surface area contributed by atoms with Gasteiger partial charge in [-0.15, -0.1) is 5.21 Å². The molecule has 0 aliphatic rings. The Morgan fingerprint density at radius 2 is 1.67 bits per heavy atom. The van der Waals surface area contributed by atoms with Crippen LogP contribution < -0.4 is 10.0 Å². The summed E-state index contributed by atoms with van der Waals surface area (Å²) in [6.07, 6.45) is 0. The lowest BCUT2D eigenvalue weighted by molar-refractivity contribution is 0.142. The van der Waals surface area contributed by atoms with E-state index in [4.69, 9.17) is 5.21 Å². The molecule has 0 aliphatic carbocycles. The van der Waals surface area contributed by atoms with Gasteiger partial charge in [0.15, 0.2) is 0 Å². The fraction of sp³-hybridized carbons (Fsp3) is 0. The van der Waals surface area contributed by atoms with Crippen molar-refractivity contribution in [3.63, 3.8) is 0 Å². The summed E-state index contributed by atoms with van der Waals surface area (Å²) in [7, 11) is -3.97. The molecule has 6 heteroatoms. The van der Waals surface area contributed by atoms with Crippen molar-refractivity contribution in [3.8, 4) is 0 Å². The first-order chi connectivity index (χ1) is 2.56. The van der Waals surface area contributed by atoms with Gasteiger partial charge in [-0.05, 0) is 4.89 Å². The average molecular weight is 111 g/mol. The van der Waals surface area contributed by atoms with Crippen LogP contribution in [0, 0.1) is 0 Å². The monoisotopic (exact) mass is 111 g/mol. The molecular formula is H3N2O3S. The zero-order valence-electron chi connectivity index (χ0n) is 2.71. The normalized spacial score (nSPS) is 11.7. The summed E-state index contributed by atoms with van der Waals surface area (Å²) in [6.45, 7) is 0. The fourth-order valence-electron chi connectivity index (χ4n) is 0. The molecule has 1 radical (unpaired) electrons. The van der Waals surface area contributed by atoms with Crippen LogP contribution in [-0.2, 0) is 15.4 Å². The Morgan fingerprint density at radius 3 is 1.67 bits per heavy atom. The van der Waals surface area contributed by atoms with E-state index in [1.165, 1.54) is 0 Å². The Labute approximate surface area is 34.9 Å². The highest BCUT2D eigenvalue weighted by molar-refractivity contribution is 7.86. The van der Waals surface area contributed by atoms with Crippen LogP contribution in [0.3, 0.4) is 0 Å². The van der Waals surface area contributed by atoms with Crippen molar-refractivity contribution in [3.05, 3.63) is 0 Å². The highest BCUT2D eigenvalue weighted by atomic mass is 32.2. The predicted octanol–water partition coefficient (Wildman–Crippen LogP) is -1.87. The van der Waals surface area contributed by atoms with Gasteiger partial charge in [-0.3, -0.25) is 0 Å². The van der Waals surface area contributed by atoms with Crippen LogP contribution in [0.5, 0.6) is 0 Å². The molecule has 0 rings (SSSR count). The highest BCUT2D eigenvalue weighted by Gasteiger charge is 1.92. The van der Waals surface area contributed by atoms with Crippen molar-refractivity contribution in [1.82, 2.24) is 4.89 Å². The number of hydrogen-bond acceptors (Lipinski definition) is 2. The van der Waals surface area contributed by atoms with Gasteiger partial charge in [0.05, 0.1) is 0 Å². The molecular weight excluding hydrogens is 108 g/mol. The molecule has 0 fully saturated rings. The number of nitrogens with one attached hydrogen (secondary N) is 1. The molecule has 0 aromatic rings. The summed E-state index contributed by atoms with van der Waals surface area (Å²) in [5, 5.41) is 13.1. The van der Waals surface area contributed by atoms with Crippen LogP contribution in [0.25, 0.3) is 0 Å². The number of rotatable bonds is 1. The van der Waals surface area contributed by atoms with Crippen molar-refractivity contribution in [2.24, 2.45) is 5.14 Å². The first-order valence-corrected chi connectivity index (χ1v) is 2.52. The maximum atomic E-state index is 9.35. The maximum absolute atomic E-state index is 9.35. The minimum Gasteiger partial charge on any atom is -0.214 e. The molecule has 0 bridgehead atoms. The minimum absolute atomic E-state index is 0.604. The Morgan fingerprint density at radius 1 is 1.50 bits per heavy atom. The van der Waals surface area contributed by atoms with E-state index in [1.807, 2.05) is 0 Å². The lowest BCUT2D eigenvalue weighted by atomic mass is 13.5. The van der Waals surface area contributed by atoms with Gasteiger partial charge in [-0.25, -0.2) is 5.14 Å². The second-order valence-corrected chi connectivity index (χ2v) is 1.89. The van der Waals surface area contributed by atoms with Crippen molar-refractivity contribution < 1.29 is 13.6 Å². The van der Waals surface area contributed by atoms with Gasteiger partial charge in [0.25, 0.3) is 10.2 Å². The van der Waals surface area contributed by atoms with Gasteiger partial charge in [-0.1, -0.05) is 0 Å². The van der Waals surface area contributed by atoms with E-state index in [9.17, 15) is 8.42 Å². The number of nitrogens with two attached hydrogens (primary N) is 1. The minimum atomic E-state index is -3.97. The third-order valence-corrected chi connectivity index (χ3v) is 0.348. The van der Waals surface area contributed by atoms with E-state index >= 15 is 0 Å². The summed E-state index contributed by atoms with van der Waals surface area (Å²) in [5.41, 5.74) is 0. The summed E-state index contributed by atoms with van der Waals surface area (Å²) < 4.78 is 18.7. The molecule has 0 saturated heterocycles. The van der Waals surface area contributed by atoms with Gasteiger partial charge >= 0.3 is 0 Å². The standard InChI is InChI=1S/H3N2O3S/c1-6(4,5)2-3/h2H,(H2,1,4,5). The lowest BCUT2D eigenvalue weighted by Crippen LogP contribution is -2.26. The quantitative estimate of drug-likeness (QED) is 0.388. The molecule has 0 amide bonds. The second kappa shape index (κ2) is 1.52. The third-order valence-electron chi connectivity index (χ3n) is 0.116. The van der Waals surface area contributed by atoms with Gasteiger partial charge in [0, 0.05) is 0 Å². The highest BCUT2D eigenvalue weighted by Crippen LogP contribution is 1.54. The van der Waals surface area contributed by atoms with Crippen LogP contribution >= 0.6 is 0 Å². The predicted molar refractivity (Wildman–Crippen MR) is 16.9 cm³/mol. The maximum Gasteiger partial charge on any atom is 0.299 e. The Hall–Kier alpha value is -0.170. The molecule has 0 saturated carbocycles. The van der Waals surface area contributed by atoms with Crippen LogP contribution in [0.15, 0.2) is 0 Å². The Kier molecular flexibility index (Phi) is 1.48. The molecule has 5 nitrogen and oxygen atoms in total. The van der Waals surface area contributed by atoms with E-state index in [1.54, 1.807) is 0 Å². The molecule has 0 atom stereocenters. The molecule has 0 spiro atoms. The first kappa shape index (κ1) is 5.83. The van der Waals surface area contributed by atoms with E-state index in [-0.39, 0.29) is 0 Å². The molecule has 0 aromatic heterocycles. The van der Waals surface area contributed by atoms with Crippen LogP contribution in [-0.4, -0.2) is 8.42 Å². The molecule has 6 heavy (non-hydrogen) atoms. The molecule has 3 N–H and O–H groups in total. The van der Waals surface area contributed by atoms with Gasteiger partial charge in [-0.2, -0.15) is 8.42 Å². The second-order valence-electron chi connectivity index (χ2n) is 0.628. The zero-order chi connectivity index (χ0) is 5.21. The Balaban J connectivity index is 3.85. The molecule has 0 aliphatic heterocycles. The van der Waals surface area contributed by atoms with Crippen molar-refractivity contribution in [2.75, 3.05) is 0 Å². The van der Waals surface area contributed by atoms with Crippen molar-refractivity contribution >= 4 is 10.2 Å². The number of hydrogen-bond donors (Lipinski definition) is 2. The topological polar surface area (TPSA) is 92.1 Å². The zero-order valence-corrected chi connectivity index (χ0v) is 3.53. The van der Waals surface area contributed by atoms with E-state index in [2.05, 4.69) is 5.14 Å². The smallest absolute Gasteiger partial charge is 0.214 e. The molecule has 37 valence electrons. The first-order valence-electron chi connectivity index (χ1n) is 0.977. The molecule has 0 unspecified atom stereocenters. The summed E-state index contributed by atoms with van der Waals surface area (Å²) in [4.78, 5) is 0.604. The van der Waals surface area contributed by atoms with Gasteiger partial charge in [0.2, 0.25) is 0 Å². The van der Waals surface area contributed by atoms with E-state index in [0.717, 1.165) is 0 Å². The van der Waals surface area contributed by atoms with E-state index < -0.39 is 10.2 Å². The van der Waals surface area contributed by atoms with Crippen LogP contribution in [0.4, 0.5) is 0 Å². The van der Waals surface area contributed by atoms with Crippen molar-refractivity contribution in [1.29, 1.82) is 0 Å². The lowest BCUT2D eigenvalue weighted by Gasteiger charge is -1.80. The van der Waals surface area contributed by atoms with Gasteiger partial charge in [0.1, 0.15) is 0 Å². The third kappa shape index (κ3) is 3.83. The summed E-state index contributed by atoms with van der Waals surface area (Å²) >= 11 is 0. The Bertz CT molecular complexity index is 111. The summed E-state index contributed by atoms with van der Waals surface area (Å²) in [6, 6.07) is 0. The van der Waals surface area contributed by atoms with Crippen molar-refractivity contribution in [2.45, 2.75) is 0 Å². The molecule has 0 heterocycles. The van der Waals surface area contributed by atoms with Crippen LogP contribution in [0.1, 0.15) is 0 Å². The summed E-state index contributed by atoms with van der Waals surface area (Å²) in [5.74, 6) is 0. The SMILES string of the molecule is NS(=O)(=O)N[O]. The fourth-order valence-corrected chi connectivity index (χ4v) is 0. The van der Waals surface area contributed by atoms with E-state index in [0.29, 0.717) is 4.89 Å². The largest absolute Gasteiger partial charge is 0.299 e. The van der Waals surface area contributed by atoms with Gasteiger partial charge < -0.3 is 0 Å².